The van der Waals surface area contributed by atoms with Crippen LogP contribution in [-0.4, -0.2) is 41.5 Å². The summed E-state index contributed by atoms with van der Waals surface area (Å²) in [4.78, 5) is 14.4. The Hall–Kier alpha value is -0.710. The zero-order chi connectivity index (χ0) is 14.5. The lowest BCUT2D eigenvalue weighted by atomic mass is 10.0. The van der Waals surface area contributed by atoms with Crippen molar-refractivity contribution in [1.29, 1.82) is 0 Å². The van der Waals surface area contributed by atoms with Gasteiger partial charge in [-0.3, -0.25) is 9.69 Å². The number of nitrogens with zero attached hydrogens (tertiary/aromatic N) is 1. The number of halogens is 1. The molecule has 2 atom stereocenters. The molecular formula is C16H22BrNO2. The van der Waals surface area contributed by atoms with E-state index in [-0.39, 0.29) is 18.4 Å². The Labute approximate surface area is 129 Å². The molecule has 1 aliphatic rings. The second-order valence-corrected chi connectivity index (χ2v) is 6.50. The molecule has 1 aliphatic heterocycles. The first kappa shape index (κ1) is 15.7. The van der Waals surface area contributed by atoms with Gasteiger partial charge in [0.2, 0.25) is 0 Å². The lowest BCUT2D eigenvalue weighted by molar-refractivity contribution is 0.0965. The number of Topliss-reactive ketones (excluding diaryl/α,β-unsaturated/α-hetero) is 1. The van der Waals surface area contributed by atoms with Crippen LogP contribution in [0.1, 0.15) is 36.5 Å². The molecule has 0 radical (unpaired) electrons. The lowest BCUT2D eigenvalue weighted by Crippen LogP contribution is -2.36. The highest BCUT2D eigenvalue weighted by Gasteiger charge is 2.29. The SMILES string of the molecule is CC1CCN(CCCC(=O)c2ccc(Br)cc2)C1CO. The van der Waals surface area contributed by atoms with Gasteiger partial charge in [0, 0.05) is 22.5 Å². The van der Waals surface area contributed by atoms with E-state index in [1.54, 1.807) is 0 Å². The van der Waals surface area contributed by atoms with E-state index in [9.17, 15) is 9.90 Å². The monoisotopic (exact) mass is 339 g/mol. The van der Waals surface area contributed by atoms with Gasteiger partial charge in [-0.05, 0) is 44.0 Å². The summed E-state index contributed by atoms with van der Waals surface area (Å²) in [6, 6.07) is 7.80. The molecule has 0 spiro atoms. The quantitative estimate of drug-likeness (QED) is 0.809. The predicted octanol–water partition coefficient (Wildman–Crippen LogP) is 3.11. The van der Waals surface area contributed by atoms with E-state index < -0.39 is 0 Å². The number of aliphatic hydroxyl groups is 1. The molecule has 0 saturated carbocycles. The van der Waals surface area contributed by atoms with Crippen LogP contribution in [0.2, 0.25) is 0 Å². The Morgan fingerprint density at radius 1 is 1.40 bits per heavy atom. The number of carbonyl (C=O) groups excluding carboxylic acids is 1. The summed E-state index contributed by atoms with van der Waals surface area (Å²) in [5, 5.41) is 9.41. The number of hydrogen-bond acceptors (Lipinski definition) is 3. The molecule has 110 valence electrons. The molecule has 1 aromatic rings. The van der Waals surface area contributed by atoms with Crippen molar-refractivity contribution in [3.63, 3.8) is 0 Å². The van der Waals surface area contributed by atoms with E-state index in [2.05, 4.69) is 27.8 Å². The molecule has 2 unspecified atom stereocenters. The van der Waals surface area contributed by atoms with Crippen molar-refractivity contribution in [2.45, 2.75) is 32.2 Å². The smallest absolute Gasteiger partial charge is 0.162 e. The highest BCUT2D eigenvalue weighted by atomic mass is 79.9. The summed E-state index contributed by atoms with van der Waals surface area (Å²) < 4.78 is 0.992. The van der Waals surface area contributed by atoms with Crippen molar-refractivity contribution in [2.24, 2.45) is 5.92 Å². The third-order valence-corrected chi connectivity index (χ3v) is 4.73. The molecule has 0 aliphatic carbocycles. The molecule has 1 aromatic carbocycles. The van der Waals surface area contributed by atoms with Crippen molar-refractivity contribution in [3.05, 3.63) is 34.3 Å². The maximum absolute atomic E-state index is 12.1. The van der Waals surface area contributed by atoms with Crippen molar-refractivity contribution in [2.75, 3.05) is 19.7 Å². The summed E-state index contributed by atoms with van der Waals surface area (Å²) in [7, 11) is 0. The molecule has 1 saturated heterocycles. The first-order valence-corrected chi connectivity index (χ1v) is 8.05. The van der Waals surface area contributed by atoms with Gasteiger partial charge in [-0.2, -0.15) is 0 Å². The summed E-state index contributed by atoms with van der Waals surface area (Å²) in [5.74, 6) is 0.757. The zero-order valence-electron chi connectivity index (χ0n) is 11.9. The largest absolute Gasteiger partial charge is 0.395 e. The van der Waals surface area contributed by atoms with Crippen molar-refractivity contribution in [1.82, 2.24) is 4.90 Å². The second-order valence-electron chi connectivity index (χ2n) is 5.59. The highest BCUT2D eigenvalue weighted by molar-refractivity contribution is 9.10. The first-order chi connectivity index (χ1) is 9.61. The maximum Gasteiger partial charge on any atom is 0.162 e. The number of carbonyl (C=O) groups is 1. The van der Waals surface area contributed by atoms with Gasteiger partial charge in [0.05, 0.1) is 6.61 Å². The lowest BCUT2D eigenvalue weighted by Gasteiger charge is -2.24. The predicted molar refractivity (Wildman–Crippen MR) is 83.9 cm³/mol. The minimum Gasteiger partial charge on any atom is -0.395 e. The van der Waals surface area contributed by atoms with E-state index in [1.165, 1.54) is 0 Å². The van der Waals surface area contributed by atoms with Crippen molar-refractivity contribution in [3.8, 4) is 0 Å². The third-order valence-electron chi connectivity index (χ3n) is 4.20. The van der Waals surface area contributed by atoms with Gasteiger partial charge in [0.15, 0.2) is 5.78 Å². The summed E-state index contributed by atoms with van der Waals surface area (Å²) in [6.07, 6.45) is 2.58. The Balaban J connectivity index is 1.78. The fourth-order valence-electron chi connectivity index (χ4n) is 2.88. The topological polar surface area (TPSA) is 40.5 Å². The van der Waals surface area contributed by atoms with Gasteiger partial charge >= 0.3 is 0 Å². The molecule has 4 heteroatoms. The molecule has 1 N–H and O–H groups in total. The Bertz CT molecular complexity index is 446. The fourth-order valence-corrected chi connectivity index (χ4v) is 3.15. The zero-order valence-corrected chi connectivity index (χ0v) is 13.5. The molecule has 0 amide bonds. The minimum absolute atomic E-state index is 0.199. The second kappa shape index (κ2) is 7.34. The molecule has 1 fully saturated rings. The number of likely N-dealkylation sites (tertiary alicyclic amines) is 1. The van der Waals surface area contributed by atoms with E-state index in [0.29, 0.717) is 12.3 Å². The molecule has 20 heavy (non-hydrogen) atoms. The van der Waals surface area contributed by atoms with Crippen LogP contribution >= 0.6 is 15.9 Å². The van der Waals surface area contributed by atoms with Crippen LogP contribution in [0.3, 0.4) is 0 Å². The first-order valence-electron chi connectivity index (χ1n) is 7.25. The van der Waals surface area contributed by atoms with E-state index in [0.717, 1.165) is 36.0 Å². The van der Waals surface area contributed by atoms with Crippen LogP contribution < -0.4 is 0 Å². The average molecular weight is 340 g/mol. The normalized spacial score (nSPS) is 23.1. The van der Waals surface area contributed by atoms with Crippen molar-refractivity contribution < 1.29 is 9.90 Å². The standard InChI is InChI=1S/C16H22BrNO2/c1-12-8-10-18(15(12)11-19)9-2-3-16(20)13-4-6-14(17)7-5-13/h4-7,12,15,19H,2-3,8-11H2,1H3. The number of aliphatic hydroxyl groups excluding tert-OH is 1. The molecule has 0 bridgehead atoms. The number of rotatable bonds is 6. The van der Waals surface area contributed by atoms with Crippen LogP contribution in [0.15, 0.2) is 28.7 Å². The van der Waals surface area contributed by atoms with Crippen LogP contribution in [0.5, 0.6) is 0 Å². The van der Waals surface area contributed by atoms with E-state index in [4.69, 9.17) is 0 Å². The van der Waals surface area contributed by atoms with Gasteiger partial charge < -0.3 is 5.11 Å². The van der Waals surface area contributed by atoms with Crippen molar-refractivity contribution >= 4 is 21.7 Å². The van der Waals surface area contributed by atoms with Gasteiger partial charge in [0.1, 0.15) is 0 Å². The van der Waals surface area contributed by atoms with Crippen LogP contribution in [-0.2, 0) is 0 Å². The van der Waals surface area contributed by atoms with Gasteiger partial charge in [-0.1, -0.05) is 35.0 Å². The molecule has 3 nitrogen and oxygen atoms in total. The molecule has 2 rings (SSSR count). The number of hydrogen-bond donors (Lipinski definition) is 1. The number of ketones is 1. The van der Waals surface area contributed by atoms with Crippen LogP contribution in [0.25, 0.3) is 0 Å². The summed E-state index contributed by atoms with van der Waals surface area (Å²) in [5.41, 5.74) is 0.779. The van der Waals surface area contributed by atoms with Gasteiger partial charge in [0.25, 0.3) is 0 Å². The Morgan fingerprint density at radius 3 is 2.75 bits per heavy atom. The summed E-state index contributed by atoms with van der Waals surface area (Å²) >= 11 is 3.37. The Kier molecular flexibility index (Phi) is 5.75. The third kappa shape index (κ3) is 3.90. The number of benzene rings is 1. The van der Waals surface area contributed by atoms with Gasteiger partial charge in [-0.15, -0.1) is 0 Å². The molecule has 1 heterocycles. The minimum atomic E-state index is 0.199. The van der Waals surface area contributed by atoms with E-state index >= 15 is 0 Å². The van der Waals surface area contributed by atoms with E-state index in [1.807, 2.05) is 24.3 Å². The summed E-state index contributed by atoms with van der Waals surface area (Å²) in [6.45, 7) is 4.35. The van der Waals surface area contributed by atoms with Crippen LogP contribution in [0, 0.1) is 5.92 Å². The molecule has 0 aromatic heterocycles. The Morgan fingerprint density at radius 2 is 2.10 bits per heavy atom. The van der Waals surface area contributed by atoms with Gasteiger partial charge in [-0.25, -0.2) is 0 Å². The van der Waals surface area contributed by atoms with Crippen LogP contribution in [0.4, 0.5) is 0 Å². The highest BCUT2D eigenvalue weighted by Crippen LogP contribution is 2.23. The average Bonchev–Trinajstić information content (AvgIpc) is 2.80. The maximum atomic E-state index is 12.1. The fraction of sp³-hybridized carbons (Fsp3) is 0.562. The molecular weight excluding hydrogens is 318 g/mol.